The van der Waals surface area contributed by atoms with Crippen molar-refractivity contribution in [1.29, 1.82) is 0 Å². The van der Waals surface area contributed by atoms with Gasteiger partial charge in [-0.2, -0.15) is 0 Å². The summed E-state index contributed by atoms with van der Waals surface area (Å²) in [5, 5.41) is 1.77. The molecule has 1 aromatic carbocycles. The number of fused-ring (bicyclic) bond motifs is 1. The van der Waals surface area contributed by atoms with Gasteiger partial charge in [-0.25, -0.2) is 0 Å². The van der Waals surface area contributed by atoms with E-state index < -0.39 is 0 Å². The lowest BCUT2D eigenvalue weighted by Crippen LogP contribution is -2.05. The quantitative estimate of drug-likeness (QED) is 0.628. The molecule has 4 heteroatoms. The van der Waals surface area contributed by atoms with Gasteiger partial charge in [-0.05, 0) is 12.1 Å². The van der Waals surface area contributed by atoms with Crippen LogP contribution in [-0.2, 0) is 0 Å². The van der Waals surface area contributed by atoms with Crippen LogP contribution in [0.4, 0.5) is 5.69 Å². The molecule has 1 heterocycles. The molecule has 2 rings (SSSR count). The summed E-state index contributed by atoms with van der Waals surface area (Å²) in [5.41, 5.74) is 5.93. The van der Waals surface area contributed by atoms with Crippen LogP contribution in [0.2, 0.25) is 5.02 Å². The zero-order valence-electron chi connectivity index (χ0n) is 6.67. The van der Waals surface area contributed by atoms with Crippen LogP contribution in [0, 0.1) is 0 Å². The molecule has 0 aliphatic carbocycles. The molecule has 13 heavy (non-hydrogen) atoms. The van der Waals surface area contributed by atoms with Crippen LogP contribution in [0.5, 0.6) is 0 Å². The van der Waals surface area contributed by atoms with E-state index in [2.05, 4.69) is 4.98 Å². The van der Waals surface area contributed by atoms with E-state index >= 15 is 0 Å². The summed E-state index contributed by atoms with van der Waals surface area (Å²) in [4.78, 5) is 13.8. The van der Waals surface area contributed by atoms with Gasteiger partial charge in [0.1, 0.15) is 0 Å². The Morgan fingerprint density at radius 2 is 2.08 bits per heavy atom. The lowest BCUT2D eigenvalue weighted by atomic mass is 10.1. The molecule has 0 bridgehead atoms. The zero-order chi connectivity index (χ0) is 9.42. The standard InChI is InChI=1S/C9H7ClN2O/c10-8-4-12-9(13)7-3-5(11)1-2-6(7)8/h1-4H,11H2,(H,12,13). The first-order valence-electron chi connectivity index (χ1n) is 3.75. The molecule has 0 aliphatic rings. The van der Waals surface area contributed by atoms with Crippen molar-refractivity contribution < 1.29 is 0 Å². The summed E-state index contributed by atoms with van der Waals surface area (Å²) < 4.78 is 0. The second-order valence-electron chi connectivity index (χ2n) is 2.77. The number of rotatable bonds is 0. The summed E-state index contributed by atoms with van der Waals surface area (Å²) >= 11 is 5.87. The van der Waals surface area contributed by atoms with E-state index in [0.717, 1.165) is 5.39 Å². The first-order chi connectivity index (χ1) is 6.18. The third-order valence-corrected chi connectivity index (χ3v) is 2.19. The number of benzene rings is 1. The number of aromatic nitrogens is 1. The second kappa shape index (κ2) is 2.78. The third-order valence-electron chi connectivity index (χ3n) is 1.88. The minimum atomic E-state index is -0.174. The zero-order valence-corrected chi connectivity index (χ0v) is 7.43. The largest absolute Gasteiger partial charge is 0.399 e. The van der Waals surface area contributed by atoms with E-state index in [-0.39, 0.29) is 5.56 Å². The Morgan fingerprint density at radius 1 is 1.31 bits per heavy atom. The minimum Gasteiger partial charge on any atom is -0.399 e. The van der Waals surface area contributed by atoms with Crippen molar-refractivity contribution >= 4 is 28.1 Å². The van der Waals surface area contributed by atoms with Crippen LogP contribution in [0.3, 0.4) is 0 Å². The van der Waals surface area contributed by atoms with Crippen LogP contribution < -0.4 is 11.3 Å². The van der Waals surface area contributed by atoms with Gasteiger partial charge in [0.25, 0.3) is 5.56 Å². The SMILES string of the molecule is Nc1ccc2c(Cl)c[nH]c(=O)c2c1. The fourth-order valence-corrected chi connectivity index (χ4v) is 1.46. The first-order valence-corrected chi connectivity index (χ1v) is 4.13. The lowest BCUT2D eigenvalue weighted by molar-refractivity contribution is 1.28. The second-order valence-corrected chi connectivity index (χ2v) is 3.18. The monoisotopic (exact) mass is 194 g/mol. The van der Waals surface area contributed by atoms with Gasteiger partial charge in [0.15, 0.2) is 0 Å². The van der Waals surface area contributed by atoms with Crippen LogP contribution in [0.15, 0.2) is 29.2 Å². The highest BCUT2D eigenvalue weighted by Gasteiger charge is 2.02. The van der Waals surface area contributed by atoms with Gasteiger partial charge in [0, 0.05) is 17.3 Å². The van der Waals surface area contributed by atoms with Crippen molar-refractivity contribution in [2.24, 2.45) is 0 Å². The average molecular weight is 195 g/mol. The van der Waals surface area contributed by atoms with Crippen molar-refractivity contribution in [1.82, 2.24) is 4.98 Å². The number of anilines is 1. The predicted octanol–water partition coefficient (Wildman–Crippen LogP) is 1.76. The number of nitrogens with two attached hydrogens (primary N) is 1. The Labute approximate surface area is 79.1 Å². The molecule has 0 spiro atoms. The van der Waals surface area contributed by atoms with Gasteiger partial charge >= 0.3 is 0 Å². The van der Waals surface area contributed by atoms with Crippen LogP contribution >= 0.6 is 11.6 Å². The van der Waals surface area contributed by atoms with Crippen molar-refractivity contribution in [2.45, 2.75) is 0 Å². The Kier molecular flexibility index (Phi) is 1.74. The van der Waals surface area contributed by atoms with E-state index in [9.17, 15) is 4.79 Å². The van der Waals surface area contributed by atoms with Crippen molar-refractivity contribution in [3.05, 3.63) is 39.8 Å². The number of nitrogens with one attached hydrogen (secondary N) is 1. The Hall–Kier alpha value is -1.48. The molecule has 0 amide bonds. The fraction of sp³-hybridized carbons (Fsp3) is 0. The molecule has 0 saturated carbocycles. The maximum absolute atomic E-state index is 11.3. The number of pyridine rings is 1. The van der Waals surface area contributed by atoms with Gasteiger partial charge in [-0.3, -0.25) is 4.79 Å². The van der Waals surface area contributed by atoms with E-state index in [0.29, 0.717) is 16.1 Å². The molecule has 66 valence electrons. The van der Waals surface area contributed by atoms with Crippen LogP contribution in [0.25, 0.3) is 10.8 Å². The van der Waals surface area contributed by atoms with E-state index in [1.54, 1.807) is 18.2 Å². The first kappa shape index (κ1) is 8.13. The van der Waals surface area contributed by atoms with Gasteiger partial charge in [-0.15, -0.1) is 0 Å². The van der Waals surface area contributed by atoms with E-state index in [4.69, 9.17) is 17.3 Å². The number of aromatic amines is 1. The van der Waals surface area contributed by atoms with Crippen molar-refractivity contribution in [3.8, 4) is 0 Å². The van der Waals surface area contributed by atoms with Crippen molar-refractivity contribution in [3.63, 3.8) is 0 Å². The topological polar surface area (TPSA) is 58.9 Å². The van der Waals surface area contributed by atoms with Gasteiger partial charge in [0.05, 0.1) is 10.4 Å². The molecule has 1 aromatic heterocycles. The average Bonchev–Trinajstić information content (AvgIpc) is 2.12. The Morgan fingerprint density at radius 3 is 2.85 bits per heavy atom. The van der Waals surface area contributed by atoms with Crippen LogP contribution in [-0.4, -0.2) is 4.98 Å². The number of H-pyrrole nitrogens is 1. The molecular formula is C9H7ClN2O. The molecule has 0 atom stereocenters. The summed E-state index contributed by atoms with van der Waals surface area (Å²) in [6, 6.07) is 5.07. The summed E-state index contributed by atoms with van der Waals surface area (Å²) in [6.45, 7) is 0. The summed E-state index contributed by atoms with van der Waals surface area (Å²) in [7, 11) is 0. The molecule has 0 fully saturated rings. The predicted molar refractivity (Wildman–Crippen MR) is 54.0 cm³/mol. The van der Waals surface area contributed by atoms with Gasteiger partial charge in [-0.1, -0.05) is 17.7 Å². The van der Waals surface area contributed by atoms with E-state index in [1.165, 1.54) is 6.20 Å². The Balaban J connectivity index is 3.01. The highest BCUT2D eigenvalue weighted by Crippen LogP contribution is 2.20. The normalized spacial score (nSPS) is 10.5. The van der Waals surface area contributed by atoms with Crippen molar-refractivity contribution in [2.75, 3.05) is 5.73 Å². The van der Waals surface area contributed by atoms with Crippen LogP contribution in [0.1, 0.15) is 0 Å². The molecule has 0 aliphatic heterocycles. The van der Waals surface area contributed by atoms with Gasteiger partial charge < -0.3 is 10.7 Å². The molecule has 3 nitrogen and oxygen atoms in total. The molecule has 0 saturated heterocycles. The maximum Gasteiger partial charge on any atom is 0.255 e. The minimum absolute atomic E-state index is 0.174. The summed E-state index contributed by atoms with van der Waals surface area (Å²) in [5.74, 6) is 0. The fourth-order valence-electron chi connectivity index (χ4n) is 1.24. The number of halogens is 1. The number of hydrogen-bond donors (Lipinski definition) is 2. The molecule has 0 unspecified atom stereocenters. The number of hydrogen-bond acceptors (Lipinski definition) is 2. The van der Waals surface area contributed by atoms with Gasteiger partial charge in [0.2, 0.25) is 0 Å². The highest BCUT2D eigenvalue weighted by atomic mass is 35.5. The summed E-state index contributed by atoms with van der Waals surface area (Å²) in [6.07, 6.45) is 1.47. The smallest absolute Gasteiger partial charge is 0.255 e. The molecule has 2 aromatic rings. The Bertz CT molecular complexity index is 518. The lowest BCUT2D eigenvalue weighted by Gasteiger charge is -1.99. The van der Waals surface area contributed by atoms with E-state index in [1.807, 2.05) is 0 Å². The highest BCUT2D eigenvalue weighted by molar-refractivity contribution is 6.35. The number of nitrogen functional groups attached to an aromatic ring is 1. The molecule has 0 radical (unpaired) electrons. The molecule has 3 N–H and O–H groups in total. The third kappa shape index (κ3) is 1.27. The molecular weight excluding hydrogens is 188 g/mol. The maximum atomic E-state index is 11.3.